The minimum atomic E-state index is 0.285. The summed E-state index contributed by atoms with van der Waals surface area (Å²) >= 11 is 0. The van der Waals surface area contributed by atoms with Gasteiger partial charge in [0.15, 0.2) is 5.78 Å². The highest BCUT2D eigenvalue weighted by atomic mass is 16.1. The molecule has 5 rings (SSSR count). The molecular formula is C21H27NO. The number of rotatable bonds is 0. The molecule has 23 heavy (non-hydrogen) atoms. The van der Waals surface area contributed by atoms with Crippen LogP contribution in [0.4, 0.5) is 0 Å². The van der Waals surface area contributed by atoms with Crippen molar-refractivity contribution in [3.8, 4) is 6.07 Å². The summed E-state index contributed by atoms with van der Waals surface area (Å²) in [6.07, 6.45) is 11.5. The highest BCUT2D eigenvalue weighted by molar-refractivity contribution is 5.91. The van der Waals surface area contributed by atoms with Crippen molar-refractivity contribution in [1.82, 2.24) is 0 Å². The Morgan fingerprint density at radius 3 is 2.57 bits per heavy atom. The zero-order chi connectivity index (χ0) is 15.8. The van der Waals surface area contributed by atoms with Crippen molar-refractivity contribution in [3.05, 3.63) is 11.6 Å². The van der Waals surface area contributed by atoms with E-state index in [1.54, 1.807) is 0 Å². The highest BCUT2D eigenvalue weighted by Crippen LogP contribution is 2.71. The summed E-state index contributed by atoms with van der Waals surface area (Å²) in [4.78, 5) is 11.8. The molecule has 5 aliphatic carbocycles. The summed E-state index contributed by atoms with van der Waals surface area (Å²) in [7, 11) is 0. The molecule has 0 unspecified atom stereocenters. The van der Waals surface area contributed by atoms with E-state index in [2.05, 4.69) is 13.0 Å². The number of nitriles is 1. The van der Waals surface area contributed by atoms with Crippen molar-refractivity contribution in [1.29, 1.82) is 5.26 Å². The zero-order valence-electron chi connectivity index (χ0n) is 14.1. The van der Waals surface area contributed by atoms with Gasteiger partial charge in [-0.1, -0.05) is 12.5 Å². The number of nitrogens with zero attached hydrogens (tertiary/aromatic N) is 1. The zero-order valence-corrected chi connectivity index (χ0v) is 14.1. The van der Waals surface area contributed by atoms with Crippen LogP contribution in [-0.2, 0) is 4.79 Å². The Bertz CT molecular complexity index is 628. The van der Waals surface area contributed by atoms with Crippen LogP contribution in [0, 0.1) is 58.2 Å². The standard InChI is InChI=1S/C21H27NO/c1-21-9-8-15-14-5-3-13(23)10-12(14)2-4-17(15)20(21)18-7-6-16(18)19(21)11-22/h10,14-20H,2-9H2,1H3/t14-,15+,16-,17+,18+,19-,20+,21+/m0/s1. The van der Waals surface area contributed by atoms with Crippen LogP contribution >= 0.6 is 0 Å². The first kappa shape index (κ1) is 14.3. The van der Waals surface area contributed by atoms with Gasteiger partial charge >= 0.3 is 0 Å². The molecule has 8 atom stereocenters. The lowest BCUT2D eigenvalue weighted by Gasteiger charge is -2.54. The number of allylic oxidation sites excluding steroid dienone is 1. The maximum Gasteiger partial charge on any atom is 0.155 e. The SMILES string of the molecule is C[C@]12CC[C@H]3[C@@H](CCC4=CC(=O)CC[C@@H]43)[C@@H]1[C@@H]1CC[C@@H]1[C@@H]2C#N. The van der Waals surface area contributed by atoms with Crippen molar-refractivity contribution in [2.24, 2.45) is 46.8 Å². The molecule has 0 spiro atoms. The van der Waals surface area contributed by atoms with Crippen molar-refractivity contribution >= 4 is 5.78 Å². The molecule has 122 valence electrons. The van der Waals surface area contributed by atoms with E-state index >= 15 is 0 Å². The molecule has 2 heteroatoms. The number of fused-ring (bicyclic) bond motifs is 7. The molecule has 0 aliphatic heterocycles. The van der Waals surface area contributed by atoms with E-state index in [0.717, 1.165) is 42.9 Å². The Morgan fingerprint density at radius 2 is 1.83 bits per heavy atom. The van der Waals surface area contributed by atoms with Crippen molar-refractivity contribution < 1.29 is 4.79 Å². The molecule has 0 radical (unpaired) electrons. The van der Waals surface area contributed by atoms with Crippen molar-refractivity contribution in [2.45, 2.75) is 58.3 Å². The third kappa shape index (κ3) is 1.72. The van der Waals surface area contributed by atoms with E-state index in [4.69, 9.17) is 0 Å². The van der Waals surface area contributed by atoms with E-state index in [-0.39, 0.29) is 5.41 Å². The maximum atomic E-state index is 11.8. The van der Waals surface area contributed by atoms with Crippen LogP contribution in [0.2, 0.25) is 0 Å². The molecule has 4 fully saturated rings. The topological polar surface area (TPSA) is 40.9 Å². The van der Waals surface area contributed by atoms with Gasteiger partial charge in [0.1, 0.15) is 0 Å². The van der Waals surface area contributed by atoms with Gasteiger partial charge in [0.05, 0.1) is 12.0 Å². The monoisotopic (exact) mass is 309 g/mol. The summed E-state index contributed by atoms with van der Waals surface area (Å²) in [5.41, 5.74) is 1.76. The van der Waals surface area contributed by atoms with E-state index in [0.29, 0.717) is 23.5 Å². The number of ketones is 1. The summed E-state index contributed by atoms with van der Waals surface area (Å²) in [6, 6.07) is 2.74. The van der Waals surface area contributed by atoms with Crippen molar-refractivity contribution in [2.75, 3.05) is 0 Å². The molecule has 0 aromatic heterocycles. The average Bonchev–Trinajstić information content (AvgIpc) is 2.69. The van der Waals surface area contributed by atoms with Gasteiger partial charge < -0.3 is 0 Å². The first-order valence-corrected chi connectivity index (χ1v) is 9.76. The fraction of sp³-hybridized carbons (Fsp3) is 0.810. The van der Waals surface area contributed by atoms with Gasteiger partial charge in [0.2, 0.25) is 0 Å². The first-order chi connectivity index (χ1) is 11.1. The van der Waals surface area contributed by atoms with Gasteiger partial charge in [-0.25, -0.2) is 0 Å². The lowest BCUT2D eigenvalue weighted by atomic mass is 9.50. The number of hydrogen-bond acceptors (Lipinski definition) is 2. The van der Waals surface area contributed by atoms with Crippen LogP contribution < -0.4 is 0 Å². The second-order valence-corrected chi connectivity index (χ2v) is 9.28. The molecule has 0 N–H and O–H groups in total. The Kier molecular flexibility index (Phi) is 2.92. The molecule has 0 amide bonds. The summed E-state index contributed by atoms with van der Waals surface area (Å²) < 4.78 is 0. The second kappa shape index (κ2) is 4.71. The number of carbonyl (C=O) groups excluding carboxylic acids is 1. The molecule has 4 saturated carbocycles. The minimum Gasteiger partial charge on any atom is -0.295 e. The van der Waals surface area contributed by atoms with E-state index in [1.165, 1.54) is 37.7 Å². The van der Waals surface area contributed by atoms with Gasteiger partial charge in [0.25, 0.3) is 0 Å². The molecular weight excluding hydrogens is 282 g/mol. The molecule has 0 aromatic rings. The molecule has 5 aliphatic rings. The lowest BCUT2D eigenvalue weighted by molar-refractivity contribution is -0.116. The van der Waals surface area contributed by atoms with Crippen LogP contribution in [0.1, 0.15) is 58.3 Å². The molecule has 0 saturated heterocycles. The summed E-state index contributed by atoms with van der Waals surface area (Å²) in [5, 5.41) is 9.81. The third-order valence-corrected chi connectivity index (χ3v) is 8.72. The fourth-order valence-corrected chi connectivity index (χ4v) is 7.77. The highest BCUT2D eigenvalue weighted by Gasteiger charge is 2.65. The van der Waals surface area contributed by atoms with E-state index < -0.39 is 0 Å². The quantitative estimate of drug-likeness (QED) is 0.660. The molecule has 2 nitrogen and oxygen atoms in total. The Morgan fingerprint density at radius 1 is 1.04 bits per heavy atom. The first-order valence-electron chi connectivity index (χ1n) is 9.76. The third-order valence-electron chi connectivity index (χ3n) is 8.72. The van der Waals surface area contributed by atoms with Crippen LogP contribution in [0.15, 0.2) is 11.6 Å². The lowest BCUT2D eigenvalue weighted by Crippen LogP contribution is -2.47. The van der Waals surface area contributed by atoms with Gasteiger partial charge in [-0.05, 0) is 91.9 Å². The molecule has 0 bridgehead atoms. The fourth-order valence-electron chi connectivity index (χ4n) is 7.77. The van der Waals surface area contributed by atoms with Crippen LogP contribution in [0.25, 0.3) is 0 Å². The second-order valence-electron chi connectivity index (χ2n) is 9.28. The minimum absolute atomic E-state index is 0.285. The number of carbonyl (C=O) groups is 1. The van der Waals surface area contributed by atoms with Gasteiger partial charge in [-0.15, -0.1) is 0 Å². The largest absolute Gasteiger partial charge is 0.295 e. The smallest absolute Gasteiger partial charge is 0.155 e. The van der Waals surface area contributed by atoms with Gasteiger partial charge in [-0.3, -0.25) is 4.79 Å². The van der Waals surface area contributed by atoms with Crippen LogP contribution in [0.5, 0.6) is 0 Å². The van der Waals surface area contributed by atoms with Gasteiger partial charge in [-0.2, -0.15) is 5.26 Å². The predicted octanol–water partition coefficient (Wildman–Crippen LogP) is 4.51. The summed E-state index contributed by atoms with van der Waals surface area (Å²) in [6.45, 7) is 2.45. The van der Waals surface area contributed by atoms with E-state index in [1.807, 2.05) is 6.08 Å². The van der Waals surface area contributed by atoms with Crippen LogP contribution in [0.3, 0.4) is 0 Å². The Labute approximate surface area is 139 Å². The number of hydrogen-bond donors (Lipinski definition) is 0. The normalized spacial score (nSPS) is 53.8. The predicted molar refractivity (Wildman–Crippen MR) is 88.2 cm³/mol. The van der Waals surface area contributed by atoms with E-state index in [9.17, 15) is 10.1 Å². The van der Waals surface area contributed by atoms with Gasteiger partial charge in [0, 0.05) is 6.42 Å². The summed E-state index contributed by atoms with van der Waals surface area (Å²) in [5.74, 6) is 5.35. The molecule has 0 heterocycles. The maximum absolute atomic E-state index is 11.8. The average molecular weight is 309 g/mol. The Hall–Kier alpha value is -1.10. The van der Waals surface area contributed by atoms with Crippen molar-refractivity contribution in [3.63, 3.8) is 0 Å². The molecule has 0 aromatic carbocycles. The Balaban J connectivity index is 1.50. The van der Waals surface area contributed by atoms with Crippen LogP contribution in [-0.4, -0.2) is 5.78 Å².